The number of fused-ring (bicyclic) bond motifs is 1. The van der Waals surface area contributed by atoms with E-state index in [1.54, 1.807) is 24.3 Å². The lowest BCUT2D eigenvalue weighted by atomic mass is 10.1. The van der Waals surface area contributed by atoms with Gasteiger partial charge < -0.3 is 5.11 Å². The lowest BCUT2D eigenvalue weighted by molar-refractivity contribution is 0.104. The van der Waals surface area contributed by atoms with Gasteiger partial charge in [0.1, 0.15) is 5.75 Å². The standard InChI is InChI=1S/C16H12O2/c17-14-7-5-11(6-8-14)9-13-10-12-3-1-2-4-15(12)16(13)18/h1-9,17H,10H2/b13-9-. The van der Waals surface area contributed by atoms with E-state index in [0.29, 0.717) is 6.42 Å². The van der Waals surface area contributed by atoms with Crippen LogP contribution in [0.4, 0.5) is 0 Å². The van der Waals surface area contributed by atoms with Gasteiger partial charge in [-0.3, -0.25) is 4.79 Å². The Hall–Kier alpha value is -2.35. The highest BCUT2D eigenvalue weighted by molar-refractivity contribution is 6.15. The molecule has 0 fully saturated rings. The van der Waals surface area contributed by atoms with Crippen molar-refractivity contribution in [3.8, 4) is 5.75 Å². The molecular formula is C16H12O2. The van der Waals surface area contributed by atoms with Crippen molar-refractivity contribution in [1.29, 1.82) is 0 Å². The summed E-state index contributed by atoms with van der Waals surface area (Å²) >= 11 is 0. The number of phenolic OH excluding ortho intramolecular Hbond substituents is 1. The van der Waals surface area contributed by atoms with Gasteiger partial charge in [0.15, 0.2) is 5.78 Å². The van der Waals surface area contributed by atoms with Crippen molar-refractivity contribution >= 4 is 11.9 Å². The van der Waals surface area contributed by atoms with E-state index in [-0.39, 0.29) is 11.5 Å². The van der Waals surface area contributed by atoms with Gasteiger partial charge in [-0.25, -0.2) is 0 Å². The zero-order valence-electron chi connectivity index (χ0n) is 9.76. The Morgan fingerprint density at radius 1 is 1.00 bits per heavy atom. The third kappa shape index (κ3) is 1.82. The molecule has 0 radical (unpaired) electrons. The minimum absolute atomic E-state index is 0.110. The number of allylic oxidation sites excluding steroid dienone is 1. The van der Waals surface area contributed by atoms with Crippen molar-refractivity contribution in [3.63, 3.8) is 0 Å². The molecule has 0 amide bonds. The van der Waals surface area contributed by atoms with E-state index in [0.717, 1.165) is 22.3 Å². The van der Waals surface area contributed by atoms with Gasteiger partial charge in [-0.05, 0) is 29.3 Å². The molecule has 3 rings (SSSR count). The average Bonchev–Trinajstić information content (AvgIpc) is 2.70. The quantitative estimate of drug-likeness (QED) is 0.772. The van der Waals surface area contributed by atoms with Crippen LogP contribution in [0.25, 0.3) is 6.08 Å². The van der Waals surface area contributed by atoms with Crippen LogP contribution >= 0.6 is 0 Å². The average molecular weight is 236 g/mol. The Bertz CT molecular complexity index is 636. The fourth-order valence-corrected chi connectivity index (χ4v) is 2.24. The molecule has 88 valence electrons. The minimum Gasteiger partial charge on any atom is -0.508 e. The topological polar surface area (TPSA) is 37.3 Å². The first kappa shape index (κ1) is 10.8. The monoisotopic (exact) mass is 236 g/mol. The normalized spacial score (nSPS) is 16.0. The van der Waals surface area contributed by atoms with Crippen molar-refractivity contribution in [3.05, 3.63) is 70.8 Å². The number of rotatable bonds is 1. The fourth-order valence-electron chi connectivity index (χ4n) is 2.24. The van der Waals surface area contributed by atoms with Crippen LogP contribution in [0.5, 0.6) is 5.75 Å². The van der Waals surface area contributed by atoms with E-state index in [4.69, 9.17) is 0 Å². The fraction of sp³-hybridized carbons (Fsp3) is 0.0625. The van der Waals surface area contributed by atoms with Gasteiger partial charge in [0, 0.05) is 17.6 Å². The number of aromatic hydroxyl groups is 1. The van der Waals surface area contributed by atoms with E-state index in [1.165, 1.54) is 0 Å². The number of carbonyl (C=O) groups excluding carboxylic acids is 1. The first-order valence-electron chi connectivity index (χ1n) is 5.86. The Balaban J connectivity index is 1.97. The van der Waals surface area contributed by atoms with Gasteiger partial charge >= 0.3 is 0 Å². The first-order valence-corrected chi connectivity index (χ1v) is 5.86. The molecule has 0 bridgehead atoms. The Labute approximate surface area is 105 Å². The molecule has 0 atom stereocenters. The van der Waals surface area contributed by atoms with E-state index >= 15 is 0 Å². The van der Waals surface area contributed by atoms with E-state index in [2.05, 4.69) is 0 Å². The maximum Gasteiger partial charge on any atom is 0.189 e. The SMILES string of the molecule is O=C1/C(=C\c2ccc(O)cc2)Cc2ccccc21. The van der Waals surface area contributed by atoms with Gasteiger partial charge in [0.2, 0.25) is 0 Å². The summed E-state index contributed by atoms with van der Waals surface area (Å²) in [6, 6.07) is 14.6. The zero-order valence-corrected chi connectivity index (χ0v) is 9.76. The highest BCUT2D eigenvalue weighted by Gasteiger charge is 2.23. The van der Waals surface area contributed by atoms with Gasteiger partial charge in [-0.2, -0.15) is 0 Å². The van der Waals surface area contributed by atoms with E-state index < -0.39 is 0 Å². The molecule has 0 saturated heterocycles. The summed E-state index contributed by atoms with van der Waals surface area (Å²) in [6.45, 7) is 0. The Morgan fingerprint density at radius 2 is 1.72 bits per heavy atom. The van der Waals surface area contributed by atoms with Gasteiger partial charge in [-0.1, -0.05) is 36.4 Å². The van der Waals surface area contributed by atoms with E-state index in [1.807, 2.05) is 30.3 Å². The Morgan fingerprint density at radius 3 is 2.44 bits per heavy atom. The number of benzene rings is 2. The maximum absolute atomic E-state index is 12.2. The number of carbonyl (C=O) groups is 1. The van der Waals surface area contributed by atoms with Gasteiger partial charge in [0.25, 0.3) is 0 Å². The van der Waals surface area contributed by atoms with Crippen molar-refractivity contribution in [2.75, 3.05) is 0 Å². The number of hydrogen-bond acceptors (Lipinski definition) is 2. The summed E-state index contributed by atoms with van der Waals surface area (Å²) in [4.78, 5) is 12.2. The van der Waals surface area contributed by atoms with Crippen LogP contribution in [0.15, 0.2) is 54.1 Å². The third-order valence-corrected chi connectivity index (χ3v) is 3.17. The highest BCUT2D eigenvalue weighted by atomic mass is 16.3. The molecule has 1 aliphatic rings. The van der Waals surface area contributed by atoms with Crippen molar-refractivity contribution in [2.24, 2.45) is 0 Å². The second-order valence-electron chi connectivity index (χ2n) is 4.42. The lowest BCUT2D eigenvalue weighted by Crippen LogP contribution is -1.94. The smallest absolute Gasteiger partial charge is 0.189 e. The van der Waals surface area contributed by atoms with Crippen LogP contribution in [-0.4, -0.2) is 10.9 Å². The second-order valence-corrected chi connectivity index (χ2v) is 4.42. The zero-order chi connectivity index (χ0) is 12.5. The second kappa shape index (κ2) is 4.15. The van der Waals surface area contributed by atoms with Crippen molar-refractivity contribution < 1.29 is 9.90 Å². The molecule has 1 aliphatic carbocycles. The molecular weight excluding hydrogens is 224 g/mol. The summed E-state index contributed by atoms with van der Waals surface area (Å²) in [5, 5.41) is 9.22. The van der Waals surface area contributed by atoms with Crippen LogP contribution < -0.4 is 0 Å². The molecule has 0 spiro atoms. The number of Topliss-reactive ketones (excluding diaryl/α,β-unsaturated/α-hetero) is 1. The van der Waals surface area contributed by atoms with Crippen molar-refractivity contribution in [2.45, 2.75) is 6.42 Å². The molecule has 18 heavy (non-hydrogen) atoms. The van der Waals surface area contributed by atoms with Gasteiger partial charge in [-0.15, -0.1) is 0 Å². The Kier molecular flexibility index (Phi) is 2.49. The van der Waals surface area contributed by atoms with Crippen LogP contribution in [0.2, 0.25) is 0 Å². The molecule has 2 heteroatoms. The molecule has 0 heterocycles. The van der Waals surface area contributed by atoms with Crippen LogP contribution in [0, 0.1) is 0 Å². The molecule has 0 saturated carbocycles. The predicted molar refractivity (Wildman–Crippen MR) is 70.6 cm³/mol. The summed E-state index contributed by atoms with van der Waals surface area (Å²) in [5.41, 5.74) is 3.64. The number of ketones is 1. The molecule has 0 aromatic heterocycles. The van der Waals surface area contributed by atoms with Gasteiger partial charge in [0.05, 0.1) is 0 Å². The van der Waals surface area contributed by atoms with Crippen LogP contribution in [0.1, 0.15) is 21.5 Å². The molecule has 2 nitrogen and oxygen atoms in total. The summed E-state index contributed by atoms with van der Waals surface area (Å²) in [7, 11) is 0. The highest BCUT2D eigenvalue weighted by Crippen LogP contribution is 2.27. The number of phenols is 1. The van der Waals surface area contributed by atoms with E-state index in [9.17, 15) is 9.90 Å². The summed E-state index contributed by atoms with van der Waals surface area (Å²) in [6.07, 6.45) is 2.58. The summed E-state index contributed by atoms with van der Waals surface area (Å²) < 4.78 is 0. The maximum atomic E-state index is 12.2. The first-order chi connectivity index (χ1) is 8.74. The number of hydrogen-bond donors (Lipinski definition) is 1. The van der Waals surface area contributed by atoms with Crippen LogP contribution in [-0.2, 0) is 6.42 Å². The predicted octanol–water partition coefficient (Wildman–Crippen LogP) is 3.21. The summed E-state index contributed by atoms with van der Waals surface area (Å²) in [5.74, 6) is 0.344. The third-order valence-electron chi connectivity index (χ3n) is 3.17. The lowest BCUT2D eigenvalue weighted by Gasteiger charge is -1.97. The molecule has 2 aromatic carbocycles. The minimum atomic E-state index is 0.110. The molecule has 2 aromatic rings. The van der Waals surface area contributed by atoms with Crippen molar-refractivity contribution in [1.82, 2.24) is 0 Å². The largest absolute Gasteiger partial charge is 0.508 e. The molecule has 0 unspecified atom stereocenters. The molecule has 0 aliphatic heterocycles. The molecule has 1 N–H and O–H groups in total. The van der Waals surface area contributed by atoms with Crippen LogP contribution in [0.3, 0.4) is 0 Å².